The van der Waals surface area contributed by atoms with Crippen LogP contribution in [0.25, 0.3) is 0 Å². The molecule has 0 bridgehead atoms. The van der Waals surface area contributed by atoms with Crippen LogP contribution < -0.4 is 0 Å². The number of aldehydes is 1. The van der Waals surface area contributed by atoms with E-state index in [0.29, 0.717) is 18.3 Å². The Morgan fingerprint density at radius 2 is 1.94 bits per heavy atom. The van der Waals surface area contributed by atoms with Crippen LogP contribution in [0.1, 0.15) is 57.8 Å². The summed E-state index contributed by atoms with van der Waals surface area (Å²) >= 11 is 0. The van der Waals surface area contributed by atoms with Gasteiger partial charge in [-0.25, -0.2) is 0 Å². The molecule has 0 aromatic carbocycles. The molecule has 0 amide bonds. The zero-order valence-corrected chi connectivity index (χ0v) is 9.86. The number of carbonyl (C=O) groups excluding carboxylic acids is 1. The van der Waals surface area contributed by atoms with Gasteiger partial charge in [-0.3, -0.25) is 4.79 Å². The predicted octanol–water partition coefficient (Wildman–Crippen LogP) is 3.03. The fourth-order valence-electron chi connectivity index (χ4n) is 2.64. The summed E-state index contributed by atoms with van der Waals surface area (Å²) in [5.41, 5.74) is 0. The summed E-state index contributed by atoms with van der Waals surface area (Å²) in [6, 6.07) is 0. The minimum atomic E-state index is -0.697. The van der Waals surface area contributed by atoms with Gasteiger partial charge in [-0.1, -0.05) is 25.7 Å². The van der Waals surface area contributed by atoms with Crippen LogP contribution in [-0.2, 0) is 9.59 Å². The lowest BCUT2D eigenvalue weighted by Crippen LogP contribution is -2.08. The Morgan fingerprint density at radius 1 is 1.19 bits per heavy atom. The van der Waals surface area contributed by atoms with E-state index in [-0.39, 0.29) is 0 Å². The molecule has 3 heteroatoms. The van der Waals surface area contributed by atoms with Crippen molar-refractivity contribution in [2.24, 2.45) is 11.8 Å². The number of carboxylic acid groups (broad SMARTS) is 1. The summed E-state index contributed by atoms with van der Waals surface area (Å²) in [6.45, 7) is 0. The highest BCUT2D eigenvalue weighted by Gasteiger charge is 2.25. The molecule has 2 unspecified atom stereocenters. The van der Waals surface area contributed by atoms with Crippen molar-refractivity contribution in [3.8, 4) is 0 Å². The molecule has 3 nitrogen and oxygen atoms in total. The lowest BCUT2D eigenvalue weighted by molar-refractivity contribution is -0.137. The highest BCUT2D eigenvalue weighted by Crippen LogP contribution is 2.33. The number of hydrogen-bond acceptors (Lipinski definition) is 2. The Bertz CT molecular complexity index is 225. The molecule has 0 radical (unpaired) electrons. The molecule has 0 aliphatic heterocycles. The predicted molar refractivity (Wildman–Crippen MR) is 62.2 cm³/mol. The lowest BCUT2D eigenvalue weighted by Gasteiger charge is -2.13. The molecule has 1 saturated carbocycles. The molecule has 1 fully saturated rings. The van der Waals surface area contributed by atoms with Crippen LogP contribution in [0.4, 0.5) is 0 Å². The number of unbranched alkanes of at least 4 members (excludes halogenated alkanes) is 3. The summed E-state index contributed by atoms with van der Waals surface area (Å²) in [7, 11) is 0. The zero-order chi connectivity index (χ0) is 11.8. The Labute approximate surface area is 97.2 Å². The molecule has 0 heterocycles. The minimum absolute atomic E-state index is 0.292. The smallest absolute Gasteiger partial charge is 0.303 e. The van der Waals surface area contributed by atoms with Crippen LogP contribution >= 0.6 is 0 Å². The maximum atomic E-state index is 10.8. The van der Waals surface area contributed by atoms with Gasteiger partial charge in [-0.15, -0.1) is 0 Å². The van der Waals surface area contributed by atoms with Gasteiger partial charge in [0, 0.05) is 12.3 Å². The van der Waals surface area contributed by atoms with E-state index in [0.717, 1.165) is 44.8 Å². The van der Waals surface area contributed by atoms with Crippen LogP contribution in [0.3, 0.4) is 0 Å². The fraction of sp³-hybridized carbons (Fsp3) is 0.846. The molecule has 1 aliphatic rings. The van der Waals surface area contributed by atoms with Gasteiger partial charge in [-0.2, -0.15) is 0 Å². The molecule has 92 valence electrons. The van der Waals surface area contributed by atoms with Gasteiger partial charge in [0.25, 0.3) is 0 Å². The third kappa shape index (κ3) is 4.77. The normalized spacial score (nSPS) is 24.5. The van der Waals surface area contributed by atoms with Crippen LogP contribution in [0.15, 0.2) is 0 Å². The SMILES string of the molecule is O=CC1CCCC1CCCCCCC(=O)O. The molecular formula is C13H22O3. The first kappa shape index (κ1) is 13.2. The Kier molecular flexibility index (Phi) is 6.12. The summed E-state index contributed by atoms with van der Waals surface area (Å²) in [4.78, 5) is 21.0. The highest BCUT2D eigenvalue weighted by atomic mass is 16.4. The van der Waals surface area contributed by atoms with E-state index in [9.17, 15) is 9.59 Å². The second-order valence-corrected chi connectivity index (χ2v) is 4.84. The molecule has 0 saturated heterocycles. The molecule has 1 rings (SSSR count). The molecule has 0 aromatic heterocycles. The first-order chi connectivity index (χ1) is 7.74. The quantitative estimate of drug-likeness (QED) is 0.511. The number of carboxylic acids is 1. The summed E-state index contributed by atoms with van der Waals surface area (Å²) in [5.74, 6) is 0.216. The first-order valence-electron chi connectivity index (χ1n) is 6.41. The van der Waals surface area contributed by atoms with Gasteiger partial charge in [-0.05, 0) is 31.6 Å². The van der Waals surface area contributed by atoms with Crippen molar-refractivity contribution in [2.45, 2.75) is 57.8 Å². The van der Waals surface area contributed by atoms with E-state index in [1.807, 2.05) is 0 Å². The average Bonchev–Trinajstić information content (AvgIpc) is 2.70. The van der Waals surface area contributed by atoms with E-state index < -0.39 is 5.97 Å². The fourth-order valence-corrected chi connectivity index (χ4v) is 2.64. The number of aliphatic carboxylic acids is 1. The van der Waals surface area contributed by atoms with Crippen LogP contribution in [0.5, 0.6) is 0 Å². The van der Waals surface area contributed by atoms with Crippen molar-refractivity contribution < 1.29 is 14.7 Å². The van der Waals surface area contributed by atoms with E-state index in [4.69, 9.17) is 5.11 Å². The summed E-state index contributed by atoms with van der Waals surface area (Å²) in [5, 5.41) is 8.47. The second-order valence-electron chi connectivity index (χ2n) is 4.84. The summed E-state index contributed by atoms with van der Waals surface area (Å²) in [6.07, 6.45) is 10.1. The topological polar surface area (TPSA) is 54.4 Å². The van der Waals surface area contributed by atoms with E-state index in [2.05, 4.69) is 0 Å². The van der Waals surface area contributed by atoms with Gasteiger partial charge < -0.3 is 9.90 Å². The van der Waals surface area contributed by atoms with Crippen LogP contribution in [0.2, 0.25) is 0 Å². The molecule has 2 atom stereocenters. The third-order valence-corrected chi connectivity index (χ3v) is 3.61. The number of carbonyl (C=O) groups is 2. The van der Waals surface area contributed by atoms with Crippen molar-refractivity contribution >= 4 is 12.3 Å². The summed E-state index contributed by atoms with van der Waals surface area (Å²) < 4.78 is 0. The number of rotatable bonds is 8. The lowest BCUT2D eigenvalue weighted by atomic mass is 9.91. The third-order valence-electron chi connectivity index (χ3n) is 3.61. The highest BCUT2D eigenvalue weighted by molar-refractivity contribution is 5.66. The van der Waals surface area contributed by atoms with Crippen molar-refractivity contribution in [3.63, 3.8) is 0 Å². The van der Waals surface area contributed by atoms with Crippen LogP contribution in [0, 0.1) is 11.8 Å². The standard InChI is InChI=1S/C13H22O3/c14-10-12-8-5-7-11(12)6-3-1-2-4-9-13(15)16/h10-12H,1-9H2,(H,15,16). The minimum Gasteiger partial charge on any atom is -0.481 e. The van der Waals surface area contributed by atoms with Gasteiger partial charge in [0.2, 0.25) is 0 Å². The van der Waals surface area contributed by atoms with E-state index >= 15 is 0 Å². The molecule has 1 N–H and O–H groups in total. The average molecular weight is 226 g/mol. The van der Waals surface area contributed by atoms with Crippen LogP contribution in [-0.4, -0.2) is 17.4 Å². The molecule has 1 aliphatic carbocycles. The Morgan fingerprint density at radius 3 is 2.62 bits per heavy atom. The van der Waals surface area contributed by atoms with Gasteiger partial charge in [0.15, 0.2) is 0 Å². The molecular weight excluding hydrogens is 204 g/mol. The van der Waals surface area contributed by atoms with Gasteiger partial charge in [0.1, 0.15) is 6.29 Å². The van der Waals surface area contributed by atoms with Crippen molar-refractivity contribution in [1.82, 2.24) is 0 Å². The van der Waals surface area contributed by atoms with Crippen molar-refractivity contribution in [3.05, 3.63) is 0 Å². The van der Waals surface area contributed by atoms with Gasteiger partial charge >= 0.3 is 5.97 Å². The molecule has 0 aromatic rings. The van der Waals surface area contributed by atoms with Crippen molar-refractivity contribution in [1.29, 1.82) is 0 Å². The zero-order valence-electron chi connectivity index (χ0n) is 9.86. The Hall–Kier alpha value is -0.860. The van der Waals surface area contributed by atoms with Crippen molar-refractivity contribution in [2.75, 3.05) is 0 Å². The number of hydrogen-bond donors (Lipinski definition) is 1. The Balaban J connectivity index is 1.98. The second kappa shape index (κ2) is 7.42. The maximum Gasteiger partial charge on any atom is 0.303 e. The monoisotopic (exact) mass is 226 g/mol. The van der Waals surface area contributed by atoms with Gasteiger partial charge in [0.05, 0.1) is 0 Å². The van der Waals surface area contributed by atoms with E-state index in [1.54, 1.807) is 0 Å². The maximum absolute atomic E-state index is 10.8. The first-order valence-corrected chi connectivity index (χ1v) is 6.41. The van der Waals surface area contributed by atoms with E-state index in [1.165, 1.54) is 12.8 Å². The molecule has 16 heavy (non-hydrogen) atoms. The largest absolute Gasteiger partial charge is 0.481 e. The molecule has 0 spiro atoms.